The van der Waals surface area contributed by atoms with E-state index >= 15 is 0 Å². The van der Waals surface area contributed by atoms with Crippen LogP contribution in [0.15, 0.2) is 24.3 Å². The van der Waals surface area contributed by atoms with Crippen molar-refractivity contribution >= 4 is 27.3 Å². The first-order chi connectivity index (χ1) is 13.2. The van der Waals surface area contributed by atoms with Gasteiger partial charge in [-0.3, -0.25) is 9.69 Å². The van der Waals surface area contributed by atoms with Gasteiger partial charge in [0.15, 0.2) is 0 Å². The zero-order chi connectivity index (χ0) is 20.5. The first-order valence-corrected chi connectivity index (χ1v) is 11.6. The van der Waals surface area contributed by atoms with E-state index in [1.807, 2.05) is 30.9 Å². The molecule has 28 heavy (non-hydrogen) atoms. The molecule has 3 rings (SSSR count). The van der Waals surface area contributed by atoms with Crippen molar-refractivity contribution in [2.45, 2.75) is 13.8 Å². The summed E-state index contributed by atoms with van der Waals surface area (Å²) in [5, 5.41) is 5.08. The maximum atomic E-state index is 12.8. The quantitative estimate of drug-likeness (QED) is 0.733. The molecule has 1 amide bonds. The molecule has 1 aliphatic heterocycles. The van der Waals surface area contributed by atoms with Crippen LogP contribution in [0.2, 0.25) is 5.02 Å². The van der Waals surface area contributed by atoms with Gasteiger partial charge in [-0.2, -0.15) is 5.10 Å². The highest BCUT2D eigenvalue weighted by atomic mass is 35.5. The molecule has 0 saturated carbocycles. The molecular weight excluding hydrogens is 400 g/mol. The lowest BCUT2D eigenvalue weighted by Gasteiger charge is -2.34. The molecule has 2 aromatic rings. The second kappa shape index (κ2) is 8.23. The molecule has 1 aromatic heterocycles. The van der Waals surface area contributed by atoms with E-state index in [0.29, 0.717) is 43.3 Å². The van der Waals surface area contributed by atoms with Crippen LogP contribution in [0.1, 0.15) is 21.7 Å². The first-order valence-electron chi connectivity index (χ1n) is 9.17. The minimum absolute atomic E-state index is 0.0132. The van der Waals surface area contributed by atoms with Gasteiger partial charge in [-0.25, -0.2) is 13.1 Å². The van der Waals surface area contributed by atoms with Gasteiger partial charge in [-0.1, -0.05) is 11.6 Å². The Morgan fingerprint density at radius 1 is 1.11 bits per heavy atom. The molecule has 0 aliphatic carbocycles. The summed E-state index contributed by atoms with van der Waals surface area (Å²) < 4.78 is 24.4. The van der Waals surface area contributed by atoms with Gasteiger partial charge in [-0.05, 0) is 38.1 Å². The third kappa shape index (κ3) is 4.74. The number of sulfone groups is 1. The van der Waals surface area contributed by atoms with Crippen molar-refractivity contribution < 1.29 is 13.2 Å². The van der Waals surface area contributed by atoms with Crippen LogP contribution < -0.4 is 0 Å². The average Bonchev–Trinajstić information content (AvgIpc) is 2.93. The standard InChI is InChI=1S/C19H25ClN4O3S/c1-14-18(20)15(2)24(21-14)17-6-4-16(5-7-17)19(25)23-10-8-22(9-11-23)12-13-28(3,26)27/h4-7H,8-13H2,1-3H3. The van der Waals surface area contributed by atoms with E-state index in [2.05, 4.69) is 10.00 Å². The number of aromatic nitrogens is 2. The summed E-state index contributed by atoms with van der Waals surface area (Å²) in [6, 6.07) is 7.34. The SMILES string of the molecule is Cc1nn(-c2ccc(C(=O)N3CCN(CCS(C)(=O)=O)CC3)cc2)c(C)c1Cl. The number of piperazine rings is 1. The number of amides is 1. The molecule has 0 spiro atoms. The van der Waals surface area contributed by atoms with E-state index < -0.39 is 9.84 Å². The molecule has 0 N–H and O–H groups in total. The van der Waals surface area contributed by atoms with Crippen LogP contribution in [0.4, 0.5) is 0 Å². The molecule has 1 fully saturated rings. The van der Waals surface area contributed by atoms with Crippen molar-refractivity contribution in [1.29, 1.82) is 0 Å². The summed E-state index contributed by atoms with van der Waals surface area (Å²) in [5.41, 5.74) is 3.12. The van der Waals surface area contributed by atoms with Crippen LogP contribution in [0.5, 0.6) is 0 Å². The predicted octanol–water partition coefficient (Wildman–Crippen LogP) is 1.94. The largest absolute Gasteiger partial charge is 0.336 e. The number of aryl methyl sites for hydroxylation is 1. The van der Waals surface area contributed by atoms with Gasteiger partial charge in [0.05, 0.1) is 27.9 Å². The average molecular weight is 425 g/mol. The van der Waals surface area contributed by atoms with E-state index in [1.54, 1.807) is 16.8 Å². The van der Waals surface area contributed by atoms with Gasteiger partial charge in [0.2, 0.25) is 0 Å². The van der Waals surface area contributed by atoms with Crippen LogP contribution in [-0.4, -0.2) is 78.6 Å². The Bertz CT molecular complexity index is 962. The highest BCUT2D eigenvalue weighted by Crippen LogP contribution is 2.22. The molecule has 152 valence electrons. The summed E-state index contributed by atoms with van der Waals surface area (Å²) in [7, 11) is -2.97. The summed E-state index contributed by atoms with van der Waals surface area (Å²) in [5.74, 6) is 0.138. The Kier molecular flexibility index (Phi) is 6.12. The fraction of sp³-hybridized carbons (Fsp3) is 0.474. The maximum Gasteiger partial charge on any atom is 0.253 e. The summed E-state index contributed by atoms with van der Waals surface area (Å²) in [4.78, 5) is 16.7. The molecule has 0 atom stereocenters. The van der Waals surface area contributed by atoms with Crippen molar-refractivity contribution in [3.8, 4) is 5.69 Å². The highest BCUT2D eigenvalue weighted by Gasteiger charge is 2.22. The Morgan fingerprint density at radius 3 is 2.21 bits per heavy atom. The summed E-state index contributed by atoms with van der Waals surface area (Å²) >= 11 is 6.21. The van der Waals surface area contributed by atoms with Gasteiger partial charge < -0.3 is 4.90 Å². The first kappa shape index (κ1) is 20.8. The third-order valence-corrected chi connectivity index (χ3v) is 6.47. The molecule has 9 heteroatoms. The third-order valence-electron chi connectivity index (χ3n) is 5.00. The Labute approximate surface area is 170 Å². The van der Waals surface area contributed by atoms with Gasteiger partial charge in [0, 0.05) is 44.5 Å². The van der Waals surface area contributed by atoms with Gasteiger partial charge in [0.1, 0.15) is 9.84 Å². The van der Waals surface area contributed by atoms with E-state index in [9.17, 15) is 13.2 Å². The van der Waals surface area contributed by atoms with Crippen LogP contribution in [-0.2, 0) is 9.84 Å². The lowest BCUT2D eigenvalue weighted by atomic mass is 10.1. The molecule has 1 saturated heterocycles. The van der Waals surface area contributed by atoms with Crippen LogP contribution in [0.3, 0.4) is 0 Å². The number of rotatable bonds is 5. The minimum Gasteiger partial charge on any atom is -0.336 e. The maximum absolute atomic E-state index is 12.8. The van der Waals surface area contributed by atoms with Crippen molar-refractivity contribution in [1.82, 2.24) is 19.6 Å². The van der Waals surface area contributed by atoms with Crippen LogP contribution >= 0.6 is 11.6 Å². The minimum atomic E-state index is -2.97. The van der Waals surface area contributed by atoms with E-state index in [-0.39, 0.29) is 11.7 Å². The fourth-order valence-electron chi connectivity index (χ4n) is 3.27. The molecule has 2 heterocycles. The van der Waals surface area contributed by atoms with Crippen LogP contribution in [0.25, 0.3) is 5.69 Å². The zero-order valence-electron chi connectivity index (χ0n) is 16.4. The molecule has 0 bridgehead atoms. The number of hydrogen-bond acceptors (Lipinski definition) is 5. The number of nitrogens with zero attached hydrogens (tertiary/aromatic N) is 4. The number of halogens is 1. The number of benzene rings is 1. The lowest BCUT2D eigenvalue weighted by Crippen LogP contribution is -2.49. The monoisotopic (exact) mass is 424 g/mol. The van der Waals surface area contributed by atoms with Gasteiger partial charge in [-0.15, -0.1) is 0 Å². The molecule has 7 nitrogen and oxygen atoms in total. The van der Waals surface area contributed by atoms with Crippen molar-refractivity contribution in [3.05, 3.63) is 46.2 Å². The van der Waals surface area contributed by atoms with E-state index in [1.165, 1.54) is 6.26 Å². The predicted molar refractivity (Wildman–Crippen MR) is 110 cm³/mol. The molecule has 1 aromatic carbocycles. The fourth-order valence-corrected chi connectivity index (χ4v) is 3.98. The second-order valence-corrected chi connectivity index (χ2v) is 9.84. The molecule has 0 unspecified atom stereocenters. The van der Waals surface area contributed by atoms with Crippen LogP contribution in [0, 0.1) is 13.8 Å². The van der Waals surface area contributed by atoms with Gasteiger partial charge >= 0.3 is 0 Å². The Balaban J connectivity index is 1.62. The number of carbonyl (C=O) groups is 1. The van der Waals surface area contributed by atoms with Crippen molar-refractivity contribution in [2.75, 3.05) is 44.7 Å². The van der Waals surface area contributed by atoms with Gasteiger partial charge in [0.25, 0.3) is 5.91 Å². The Morgan fingerprint density at radius 2 is 1.71 bits per heavy atom. The zero-order valence-corrected chi connectivity index (χ0v) is 17.9. The number of hydrogen-bond donors (Lipinski definition) is 0. The van der Waals surface area contributed by atoms with Crippen molar-refractivity contribution in [2.24, 2.45) is 0 Å². The smallest absolute Gasteiger partial charge is 0.253 e. The second-order valence-electron chi connectivity index (χ2n) is 7.21. The van der Waals surface area contributed by atoms with E-state index in [0.717, 1.165) is 17.1 Å². The number of carbonyl (C=O) groups excluding carboxylic acids is 1. The van der Waals surface area contributed by atoms with Crippen molar-refractivity contribution in [3.63, 3.8) is 0 Å². The normalized spacial score (nSPS) is 15.8. The Hall–Kier alpha value is -1.90. The summed E-state index contributed by atoms with van der Waals surface area (Å²) in [6.07, 6.45) is 1.25. The summed E-state index contributed by atoms with van der Waals surface area (Å²) in [6.45, 7) is 6.84. The topological polar surface area (TPSA) is 75.5 Å². The lowest BCUT2D eigenvalue weighted by molar-refractivity contribution is 0.0644. The molecular formula is C19H25ClN4O3S. The highest BCUT2D eigenvalue weighted by molar-refractivity contribution is 7.90. The molecule has 0 radical (unpaired) electrons. The van der Waals surface area contributed by atoms with E-state index in [4.69, 9.17) is 11.6 Å². The molecule has 1 aliphatic rings.